The standard InChI is InChI=1S/C21H25F5N4O3/c1-8-15-12(20(31)28-21(32)30(15)10-3-4-10)17(33-2)13(22)16(8)29-6-5-9(7-29)14(27)11(18(23)24)19(25)26/h9-11,14,18-19H,3-7,27H2,1-2H3,(H,28,31,32). The molecule has 1 aliphatic carbocycles. The SMILES string of the molecule is COc1c(F)c(N2CCC(C(N)C(C(F)F)C(F)F)C2)c(C)c2c1c(=O)[nH]c(=O)n2C1CC1. The molecule has 3 N–H and O–H groups in total. The van der Waals surface area contributed by atoms with Crippen molar-refractivity contribution >= 4 is 16.6 Å². The van der Waals surface area contributed by atoms with E-state index in [9.17, 15) is 27.2 Å². The average Bonchev–Trinajstić information content (AvgIpc) is 3.44. The highest BCUT2D eigenvalue weighted by Crippen LogP contribution is 2.43. The predicted molar refractivity (Wildman–Crippen MR) is 112 cm³/mol. The van der Waals surface area contributed by atoms with Gasteiger partial charge in [-0.15, -0.1) is 0 Å². The number of anilines is 1. The fourth-order valence-corrected chi connectivity index (χ4v) is 4.94. The number of alkyl halides is 4. The van der Waals surface area contributed by atoms with Crippen molar-refractivity contribution in [3.63, 3.8) is 0 Å². The van der Waals surface area contributed by atoms with Crippen LogP contribution in [-0.2, 0) is 0 Å². The van der Waals surface area contributed by atoms with E-state index in [0.29, 0.717) is 5.56 Å². The van der Waals surface area contributed by atoms with Gasteiger partial charge in [0.1, 0.15) is 5.39 Å². The second-order valence-corrected chi connectivity index (χ2v) is 8.72. The van der Waals surface area contributed by atoms with E-state index >= 15 is 4.39 Å². The number of aryl methyl sites for hydroxylation is 1. The van der Waals surface area contributed by atoms with E-state index in [1.807, 2.05) is 0 Å². The van der Waals surface area contributed by atoms with Crippen molar-refractivity contribution in [2.45, 2.75) is 51.1 Å². The number of ether oxygens (including phenoxy) is 1. The van der Waals surface area contributed by atoms with Gasteiger partial charge in [0.2, 0.25) is 12.9 Å². The topological polar surface area (TPSA) is 93.3 Å². The van der Waals surface area contributed by atoms with E-state index in [2.05, 4.69) is 4.98 Å². The van der Waals surface area contributed by atoms with E-state index < -0.39 is 47.8 Å². The normalized spacial score (nSPS) is 20.0. The lowest BCUT2D eigenvalue weighted by Gasteiger charge is -2.29. The van der Waals surface area contributed by atoms with Crippen molar-refractivity contribution in [1.82, 2.24) is 9.55 Å². The predicted octanol–water partition coefficient (Wildman–Crippen LogP) is 2.78. The molecule has 12 heteroatoms. The largest absolute Gasteiger partial charge is 0.493 e. The zero-order valence-corrected chi connectivity index (χ0v) is 18.1. The minimum absolute atomic E-state index is 0.0274. The molecule has 2 heterocycles. The summed E-state index contributed by atoms with van der Waals surface area (Å²) in [7, 11) is 1.20. The summed E-state index contributed by atoms with van der Waals surface area (Å²) in [6.07, 6.45) is -4.92. The lowest BCUT2D eigenvalue weighted by Crippen LogP contribution is -2.45. The number of nitrogens with two attached hydrogens (primary N) is 1. The highest BCUT2D eigenvalue weighted by Gasteiger charge is 2.42. The van der Waals surface area contributed by atoms with Crippen LogP contribution in [0.2, 0.25) is 0 Å². The maximum atomic E-state index is 15.6. The molecule has 7 nitrogen and oxygen atoms in total. The van der Waals surface area contributed by atoms with Crippen LogP contribution in [0.25, 0.3) is 10.9 Å². The van der Waals surface area contributed by atoms with Gasteiger partial charge in [-0.05, 0) is 32.1 Å². The number of aromatic amines is 1. The number of H-pyrrole nitrogens is 1. The Hall–Kier alpha value is -2.63. The van der Waals surface area contributed by atoms with Gasteiger partial charge in [-0.3, -0.25) is 14.3 Å². The molecule has 33 heavy (non-hydrogen) atoms. The molecule has 1 aromatic heterocycles. The second-order valence-electron chi connectivity index (χ2n) is 8.72. The van der Waals surface area contributed by atoms with Gasteiger partial charge in [0.15, 0.2) is 11.6 Å². The van der Waals surface area contributed by atoms with Crippen LogP contribution in [-0.4, -0.2) is 48.6 Å². The van der Waals surface area contributed by atoms with E-state index in [4.69, 9.17) is 10.5 Å². The van der Waals surface area contributed by atoms with Crippen molar-refractivity contribution in [3.8, 4) is 5.75 Å². The molecular formula is C21H25F5N4O3. The van der Waals surface area contributed by atoms with Crippen molar-refractivity contribution in [2.24, 2.45) is 17.6 Å². The molecule has 2 aromatic rings. The van der Waals surface area contributed by atoms with Gasteiger partial charge in [-0.1, -0.05) is 0 Å². The quantitative estimate of drug-likeness (QED) is 0.600. The molecule has 0 amide bonds. The van der Waals surface area contributed by atoms with Crippen molar-refractivity contribution in [1.29, 1.82) is 0 Å². The molecule has 4 rings (SSSR count). The molecule has 2 fully saturated rings. The summed E-state index contributed by atoms with van der Waals surface area (Å²) in [6.45, 7) is 1.72. The van der Waals surface area contributed by atoms with Crippen molar-refractivity contribution < 1.29 is 26.7 Å². The molecule has 0 bridgehead atoms. The maximum absolute atomic E-state index is 15.6. The van der Waals surface area contributed by atoms with E-state index in [-0.39, 0.29) is 47.9 Å². The van der Waals surface area contributed by atoms with Crippen LogP contribution in [0.15, 0.2) is 9.59 Å². The van der Waals surface area contributed by atoms with Crippen LogP contribution in [0.1, 0.15) is 30.9 Å². The number of rotatable bonds is 7. The monoisotopic (exact) mass is 476 g/mol. The Morgan fingerprint density at radius 1 is 1.12 bits per heavy atom. The molecule has 0 spiro atoms. The van der Waals surface area contributed by atoms with Crippen LogP contribution >= 0.6 is 0 Å². The molecule has 1 aliphatic heterocycles. The highest BCUT2D eigenvalue weighted by molar-refractivity contribution is 5.93. The summed E-state index contributed by atoms with van der Waals surface area (Å²) >= 11 is 0. The molecule has 2 unspecified atom stereocenters. The first-order chi connectivity index (χ1) is 15.6. The molecule has 0 radical (unpaired) electrons. The molecule has 1 aromatic carbocycles. The second kappa shape index (κ2) is 8.62. The molecule has 1 saturated heterocycles. The number of fused-ring (bicyclic) bond motifs is 1. The number of methoxy groups -OCH3 is 1. The third kappa shape index (κ3) is 3.87. The Balaban J connectivity index is 1.82. The van der Waals surface area contributed by atoms with Gasteiger partial charge < -0.3 is 15.4 Å². The van der Waals surface area contributed by atoms with E-state index in [0.717, 1.165) is 12.8 Å². The first-order valence-electron chi connectivity index (χ1n) is 10.7. The number of hydrogen-bond donors (Lipinski definition) is 2. The fourth-order valence-electron chi connectivity index (χ4n) is 4.94. The zero-order valence-electron chi connectivity index (χ0n) is 18.1. The third-order valence-electron chi connectivity index (χ3n) is 6.72. The number of nitrogens with one attached hydrogen (secondary N) is 1. The Bertz CT molecular complexity index is 1170. The van der Waals surface area contributed by atoms with Crippen LogP contribution in [0.5, 0.6) is 5.75 Å². The number of benzene rings is 1. The van der Waals surface area contributed by atoms with Gasteiger partial charge in [0, 0.05) is 30.7 Å². The summed E-state index contributed by atoms with van der Waals surface area (Å²) in [4.78, 5) is 28.9. The van der Waals surface area contributed by atoms with Crippen LogP contribution in [0.3, 0.4) is 0 Å². The molecule has 2 atom stereocenters. The van der Waals surface area contributed by atoms with Crippen molar-refractivity contribution in [3.05, 3.63) is 32.2 Å². The Morgan fingerprint density at radius 3 is 2.30 bits per heavy atom. The molecular weight excluding hydrogens is 451 g/mol. The average molecular weight is 476 g/mol. The van der Waals surface area contributed by atoms with Crippen LogP contribution < -0.4 is 26.6 Å². The summed E-state index contributed by atoms with van der Waals surface area (Å²) in [5.41, 5.74) is 5.00. The Morgan fingerprint density at radius 2 is 1.76 bits per heavy atom. The van der Waals surface area contributed by atoms with Gasteiger partial charge in [0.05, 0.1) is 24.2 Å². The van der Waals surface area contributed by atoms with Gasteiger partial charge in [0.25, 0.3) is 5.56 Å². The van der Waals surface area contributed by atoms with E-state index in [1.165, 1.54) is 16.6 Å². The minimum atomic E-state index is -3.28. The maximum Gasteiger partial charge on any atom is 0.329 e. The minimum Gasteiger partial charge on any atom is -0.493 e. The number of aromatic nitrogens is 2. The first-order valence-corrected chi connectivity index (χ1v) is 10.7. The van der Waals surface area contributed by atoms with Crippen LogP contribution in [0.4, 0.5) is 27.6 Å². The zero-order chi connectivity index (χ0) is 24.2. The fraction of sp³-hybridized carbons (Fsp3) is 0.619. The first kappa shape index (κ1) is 23.5. The Labute approximate surface area is 185 Å². The van der Waals surface area contributed by atoms with Gasteiger partial charge in [-0.25, -0.2) is 26.7 Å². The lowest BCUT2D eigenvalue weighted by molar-refractivity contribution is -0.0463. The third-order valence-corrected chi connectivity index (χ3v) is 6.72. The highest BCUT2D eigenvalue weighted by atomic mass is 19.3. The number of halogens is 5. The number of hydrogen-bond acceptors (Lipinski definition) is 5. The summed E-state index contributed by atoms with van der Waals surface area (Å²) in [5, 5.41) is -0.0920. The van der Waals surface area contributed by atoms with Crippen LogP contribution in [0, 0.1) is 24.6 Å². The number of nitrogens with zero attached hydrogens (tertiary/aromatic N) is 2. The van der Waals surface area contributed by atoms with Gasteiger partial charge >= 0.3 is 5.69 Å². The van der Waals surface area contributed by atoms with E-state index in [1.54, 1.807) is 6.92 Å². The summed E-state index contributed by atoms with van der Waals surface area (Å²) in [5.74, 6) is -4.19. The Kier molecular flexibility index (Phi) is 6.14. The molecule has 1 saturated carbocycles. The van der Waals surface area contributed by atoms with Gasteiger partial charge in [-0.2, -0.15) is 0 Å². The molecule has 182 valence electrons. The summed E-state index contributed by atoms with van der Waals surface area (Å²) in [6, 6.07) is -1.62. The smallest absolute Gasteiger partial charge is 0.329 e. The molecule has 2 aliphatic rings. The van der Waals surface area contributed by atoms with Crippen molar-refractivity contribution in [2.75, 3.05) is 25.1 Å². The lowest BCUT2D eigenvalue weighted by atomic mass is 9.88. The summed E-state index contributed by atoms with van der Waals surface area (Å²) < 4.78 is 74.9.